The van der Waals surface area contributed by atoms with Gasteiger partial charge in [0.25, 0.3) is 0 Å². The standard InChI is InChI=1S/C21H20Cl2N2/c22-18-7-1-5-16(13-18)15-25-12-4-11-24-10-3-9-20(24)21(25)17-6-2-8-19(23)14-17/h1-3,5-10,13-14,21H,4,11-12,15H2. The molecule has 2 aromatic carbocycles. The largest absolute Gasteiger partial charge is 0.350 e. The molecule has 4 heteroatoms. The molecule has 25 heavy (non-hydrogen) atoms. The highest BCUT2D eigenvalue weighted by atomic mass is 35.5. The van der Waals surface area contributed by atoms with Crippen LogP contribution in [-0.2, 0) is 13.1 Å². The lowest BCUT2D eigenvalue weighted by atomic mass is 10.0. The summed E-state index contributed by atoms with van der Waals surface area (Å²) >= 11 is 12.5. The minimum absolute atomic E-state index is 0.190. The number of aromatic nitrogens is 1. The molecule has 2 heterocycles. The van der Waals surface area contributed by atoms with E-state index in [4.69, 9.17) is 23.2 Å². The van der Waals surface area contributed by atoms with Crippen LogP contribution in [0.1, 0.15) is 29.3 Å². The third kappa shape index (κ3) is 3.62. The number of aryl methyl sites for hydroxylation is 1. The number of benzene rings is 2. The van der Waals surface area contributed by atoms with E-state index in [-0.39, 0.29) is 6.04 Å². The molecule has 0 amide bonds. The molecule has 4 rings (SSSR count). The zero-order valence-electron chi connectivity index (χ0n) is 13.9. The lowest BCUT2D eigenvalue weighted by Gasteiger charge is -2.31. The van der Waals surface area contributed by atoms with E-state index >= 15 is 0 Å². The van der Waals surface area contributed by atoms with Crippen LogP contribution >= 0.6 is 23.2 Å². The Morgan fingerprint density at radius 3 is 2.48 bits per heavy atom. The van der Waals surface area contributed by atoms with E-state index < -0.39 is 0 Å². The molecule has 0 spiro atoms. The summed E-state index contributed by atoms with van der Waals surface area (Å²) in [6.07, 6.45) is 3.30. The lowest BCUT2D eigenvalue weighted by Crippen LogP contribution is -2.29. The summed E-state index contributed by atoms with van der Waals surface area (Å²) in [5, 5.41) is 1.57. The van der Waals surface area contributed by atoms with Crippen molar-refractivity contribution in [2.24, 2.45) is 0 Å². The highest BCUT2D eigenvalue weighted by Gasteiger charge is 2.27. The van der Waals surface area contributed by atoms with Gasteiger partial charge in [0.1, 0.15) is 0 Å². The first kappa shape index (κ1) is 16.7. The fourth-order valence-electron chi connectivity index (χ4n) is 3.74. The van der Waals surface area contributed by atoms with Gasteiger partial charge in [-0.25, -0.2) is 0 Å². The van der Waals surface area contributed by atoms with Gasteiger partial charge in [-0.2, -0.15) is 0 Å². The summed E-state index contributed by atoms with van der Waals surface area (Å²) in [5.41, 5.74) is 3.79. The minimum atomic E-state index is 0.190. The van der Waals surface area contributed by atoms with Gasteiger partial charge < -0.3 is 4.57 Å². The third-order valence-corrected chi connectivity index (χ3v) is 5.26. The zero-order chi connectivity index (χ0) is 17.2. The number of fused-ring (bicyclic) bond motifs is 1. The van der Waals surface area contributed by atoms with Gasteiger partial charge in [0.2, 0.25) is 0 Å². The Morgan fingerprint density at radius 1 is 0.880 bits per heavy atom. The van der Waals surface area contributed by atoms with Crippen LogP contribution in [0.25, 0.3) is 0 Å². The van der Waals surface area contributed by atoms with E-state index in [2.05, 4.69) is 52.1 Å². The van der Waals surface area contributed by atoms with Crippen molar-refractivity contribution in [2.45, 2.75) is 25.6 Å². The van der Waals surface area contributed by atoms with Crippen molar-refractivity contribution in [1.82, 2.24) is 9.47 Å². The summed E-state index contributed by atoms with van der Waals surface area (Å²) in [6, 6.07) is 20.9. The zero-order valence-corrected chi connectivity index (χ0v) is 15.4. The van der Waals surface area contributed by atoms with Gasteiger partial charge in [0.15, 0.2) is 0 Å². The van der Waals surface area contributed by atoms with Crippen molar-refractivity contribution >= 4 is 23.2 Å². The summed E-state index contributed by atoms with van der Waals surface area (Å²) in [7, 11) is 0. The number of hydrogen-bond donors (Lipinski definition) is 0. The molecule has 0 saturated carbocycles. The maximum atomic E-state index is 6.29. The maximum absolute atomic E-state index is 6.29. The lowest BCUT2D eigenvalue weighted by molar-refractivity contribution is 0.220. The molecular formula is C21H20Cl2N2. The molecule has 1 aliphatic rings. The Hall–Kier alpha value is -1.74. The highest BCUT2D eigenvalue weighted by molar-refractivity contribution is 6.30. The van der Waals surface area contributed by atoms with Crippen molar-refractivity contribution in [3.63, 3.8) is 0 Å². The Kier molecular flexibility index (Phi) is 4.85. The van der Waals surface area contributed by atoms with Crippen molar-refractivity contribution < 1.29 is 0 Å². The second kappa shape index (κ2) is 7.25. The Morgan fingerprint density at radius 2 is 1.68 bits per heavy atom. The van der Waals surface area contributed by atoms with Crippen LogP contribution in [-0.4, -0.2) is 16.0 Å². The van der Waals surface area contributed by atoms with E-state index in [0.29, 0.717) is 0 Å². The summed E-state index contributed by atoms with van der Waals surface area (Å²) in [4.78, 5) is 2.52. The molecule has 128 valence electrons. The molecule has 3 aromatic rings. The van der Waals surface area contributed by atoms with E-state index in [1.165, 1.54) is 16.8 Å². The van der Waals surface area contributed by atoms with E-state index in [0.717, 1.165) is 36.1 Å². The van der Waals surface area contributed by atoms with Gasteiger partial charge in [-0.15, -0.1) is 0 Å². The average molecular weight is 371 g/mol. The molecule has 0 N–H and O–H groups in total. The molecule has 0 saturated heterocycles. The molecule has 1 unspecified atom stereocenters. The monoisotopic (exact) mass is 370 g/mol. The molecule has 0 aliphatic carbocycles. The minimum Gasteiger partial charge on any atom is -0.350 e. The van der Waals surface area contributed by atoms with Gasteiger partial charge in [-0.1, -0.05) is 47.5 Å². The smallest absolute Gasteiger partial charge is 0.0759 e. The fraction of sp³-hybridized carbons (Fsp3) is 0.238. The molecular weight excluding hydrogens is 351 g/mol. The van der Waals surface area contributed by atoms with Crippen molar-refractivity contribution in [3.05, 3.63) is 93.7 Å². The Bertz CT molecular complexity index is 872. The molecule has 2 nitrogen and oxygen atoms in total. The van der Waals surface area contributed by atoms with Crippen LogP contribution in [0, 0.1) is 0 Å². The van der Waals surface area contributed by atoms with E-state index in [1.807, 2.05) is 24.3 Å². The average Bonchev–Trinajstić information content (AvgIpc) is 2.96. The van der Waals surface area contributed by atoms with Crippen molar-refractivity contribution in [2.75, 3.05) is 6.54 Å². The SMILES string of the molecule is Clc1cccc(CN2CCCn3cccc3C2c2cccc(Cl)c2)c1. The maximum Gasteiger partial charge on any atom is 0.0759 e. The predicted molar refractivity (Wildman–Crippen MR) is 104 cm³/mol. The first-order chi connectivity index (χ1) is 12.2. The molecule has 1 aromatic heterocycles. The van der Waals surface area contributed by atoms with Gasteiger partial charge in [0.05, 0.1) is 6.04 Å². The number of hydrogen-bond acceptors (Lipinski definition) is 1. The van der Waals surface area contributed by atoms with Crippen molar-refractivity contribution in [1.29, 1.82) is 0 Å². The third-order valence-electron chi connectivity index (χ3n) is 4.79. The fourth-order valence-corrected chi connectivity index (χ4v) is 4.15. The molecule has 0 bridgehead atoms. The molecule has 0 radical (unpaired) electrons. The van der Waals surface area contributed by atoms with E-state index in [9.17, 15) is 0 Å². The van der Waals surface area contributed by atoms with E-state index in [1.54, 1.807) is 0 Å². The van der Waals surface area contributed by atoms with Crippen LogP contribution in [0.2, 0.25) is 10.0 Å². The summed E-state index contributed by atoms with van der Waals surface area (Å²) < 4.78 is 2.36. The second-order valence-electron chi connectivity index (χ2n) is 6.54. The summed E-state index contributed by atoms with van der Waals surface area (Å²) in [5.74, 6) is 0. The van der Waals surface area contributed by atoms with Gasteiger partial charge in [0, 0.05) is 41.6 Å². The highest BCUT2D eigenvalue weighted by Crippen LogP contribution is 2.34. The topological polar surface area (TPSA) is 8.17 Å². The van der Waals surface area contributed by atoms with Gasteiger partial charge >= 0.3 is 0 Å². The number of rotatable bonds is 3. The van der Waals surface area contributed by atoms with Crippen LogP contribution in [0.3, 0.4) is 0 Å². The summed E-state index contributed by atoms with van der Waals surface area (Å²) in [6.45, 7) is 2.94. The number of nitrogens with zero attached hydrogens (tertiary/aromatic N) is 2. The van der Waals surface area contributed by atoms with Crippen LogP contribution < -0.4 is 0 Å². The normalized spacial score (nSPS) is 17.9. The molecule has 1 atom stereocenters. The van der Waals surface area contributed by atoms with Crippen LogP contribution in [0.4, 0.5) is 0 Å². The van der Waals surface area contributed by atoms with Crippen LogP contribution in [0.15, 0.2) is 66.9 Å². The number of halogens is 2. The Balaban J connectivity index is 1.75. The quantitative estimate of drug-likeness (QED) is 0.566. The first-order valence-electron chi connectivity index (χ1n) is 8.60. The molecule has 0 fully saturated rings. The van der Waals surface area contributed by atoms with Gasteiger partial charge in [-0.3, -0.25) is 4.90 Å². The van der Waals surface area contributed by atoms with Crippen LogP contribution in [0.5, 0.6) is 0 Å². The predicted octanol–water partition coefficient (Wildman–Crippen LogP) is 5.79. The Labute approximate surface area is 158 Å². The molecule has 1 aliphatic heterocycles. The first-order valence-corrected chi connectivity index (χ1v) is 9.35. The second-order valence-corrected chi connectivity index (χ2v) is 7.41. The van der Waals surface area contributed by atoms with Crippen molar-refractivity contribution in [3.8, 4) is 0 Å². The van der Waals surface area contributed by atoms with Gasteiger partial charge in [-0.05, 0) is 53.9 Å².